The van der Waals surface area contributed by atoms with Crippen LogP contribution in [0.2, 0.25) is 0 Å². The number of benzene rings is 1. The minimum Gasteiger partial charge on any atom is -0.361 e. The summed E-state index contributed by atoms with van der Waals surface area (Å²) >= 11 is 0. The normalized spacial score (nSPS) is 19.0. The summed E-state index contributed by atoms with van der Waals surface area (Å²) in [6, 6.07) is 7.08. The average molecular weight is 309 g/mol. The molecule has 122 valence electrons. The number of nitrogens with zero attached hydrogens (tertiary/aromatic N) is 1. The molecule has 1 aliphatic heterocycles. The Kier molecular flexibility index (Phi) is 5.00. The molecular weight excluding hydrogens is 282 g/mol. The third-order valence-electron chi connectivity index (χ3n) is 5.42. The fraction of sp³-hybridized carbons (Fsp3) is 0.476. The van der Waals surface area contributed by atoms with E-state index >= 15 is 0 Å². The molecule has 1 fully saturated rings. The summed E-state index contributed by atoms with van der Waals surface area (Å²) < 4.78 is 0. The fourth-order valence-corrected chi connectivity index (χ4v) is 4.13. The van der Waals surface area contributed by atoms with Crippen molar-refractivity contribution >= 4 is 12.0 Å². The van der Waals surface area contributed by atoms with E-state index in [1.807, 2.05) is 6.08 Å². The first-order valence-corrected chi connectivity index (χ1v) is 8.87. The molecule has 1 atom stereocenters. The summed E-state index contributed by atoms with van der Waals surface area (Å²) in [4.78, 5) is 13.0. The molecule has 1 aromatic carbocycles. The summed E-state index contributed by atoms with van der Waals surface area (Å²) in [5.41, 5.74) is 5.18. The molecular formula is C21H27NO. The Hall–Kier alpha value is -1.83. The van der Waals surface area contributed by atoms with Crippen molar-refractivity contribution in [3.05, 3.63) is 54.1 Å². The molecule has 2 aliphatic rings. The number of carbonyl (C=O) groups excluding carboxylic acids is 1. The predicted octanol–water partition coefficient (Wildman–Crippen LogP) is 4.74. The van der Waals surface area contributed by atoms with E-state index in [1.54, 1.807) is 0 Å². The standard InChI is InChI=1S/C21H27NO/c1-3-20(9-6-12-23)22-15-19-14-18(10-11-21(19)16(22)2)13-17-7-4-5-8-17/h3,10-12,14,17,20H,1-2,4-9,13,15H2. The Morgan fingerprint density at radius 3 is 2.78 bits per heavy atom. The Bertz CT molecular complexity index is 598. The zero-order valence-corrected chi connectivity index (χ0v) is 14.0. The van der Waals surface area contributed by atoms with E-state index in [0.29, 0.717) is 6.42 Å². The highest BCUT2D eigenvalue weighted by atomic mass is 16.1. The van der Waals surface area contributed by atoms with Crippen LogP contribution in [-0.4, -0.2) is 17.2 Å². The SMILES string of the molecule is C=CC(CCC=O)N1Cc2cc(CC3CCCC3)ccc2C1=C. The highest BCUT2D eigenvalue weighted by molar-refractivity contribution is 5.70. The highest BCUT2D eigenvalue weighted by Crippen LogP contribution is 2.36. The Morgan fingerprint density at radius 2 is 2.09 bits per heavy atom. The van der Waals surface area contributed by atoms with Gasteiger partial charge in [0, 0.05) is 30.3 Å². The molecule has 1 saturated carbocycles. The number of rotatable bonds is 7. The van der Waals surface area contributed by atoms with Gasteiger partial charge in [0.15, 0.2) is 0 Å². The average Bonchev–Trinajstić information content (AvgIpc) is 3.17. The first kappa shape index (κ1) is 16.0. The van der Waals surface area contributed by atoms with Gasteiger partial charge in [0.05, 0.1) is 0 Å². The smallest absolute Gasteiger partial charge is 0.120 e. The lowest BCUT2D eigenvalue weighted by atomic mass is 9.95. The van der Waals surface area contributed by atoms with Gasteiger partial charge in [-0.2, -0.15) is 0 Å². The second kappa shape index (κ2) is 7.16. The van der Waals surface area contributed by atoms with Crippen LogP contribution in [0.4, 0.5) is 0 Å². The van der Waals surface area contributed by atoms with Crippen molar-refractivity contribution in [1.29, 1.82) is 0 Å². The van der Waals surface area contributed by atoms with E-state index in [4.69, 9.17) is 0 Å². The Labute approximate surface area is 139 Å². The van der Waals surface area contributed by atoms with Crippen molar-refractivity contribution in [2.45, 2.75) is 57.5 Å². The van der Waals surface area contributed by atoms with Crippen LogP contribution in [-0.2, 0) is 17.8 Å². The summed E-state index contributed by atoms with van der Waals surface area (Å²) in [6.45, 7) is 9.11. The van der Waals surface area contributed by atoms with Crippen LogP contribution in [0.1, 0.15) is 55.2 Å². The number of aldehydes is 1. The first-order chi connectivity index (χ1) is 11.2. The minimum atomic E-state index is 0.193. The number of carbonyl (C=O) groups is 1. The van der Waals surface area contributed by atoms with Crippen molar-refractivity contribution in [2.75, 3.05) is 0 Å². The molecule has 0 bridgehead atoms. The zero-order valence-electron chi connectivity index (χ0n) is 14.0. The van der Waals surface area contributed by atoms with Crippen molar-refractivity contribution in [2.24, 2.45) is 5.92 Å². The maximum Gasteiger partial charge on any atom is 0.120 e. The number of hydrogen-bond acceptors (Lipinski definition) is 2. The molecule has 23 heavy (non-hydrogen) atoms. The largest absolute Gasteiger partial charge is 0.361 e. The molecule has 0 N–H and O–H groups in total. The van der Waals surface area contributed by atoms with Gasteiger partial charge >= 0.3 is 0 Å². The molecule has 0 spiro atoms. The summed E-state index contributed by atoms with van der Waals surface area (Å²) in [6.07, 6.45) is 11.1. The monoisotopic (exact) mass is 309 g/mol. The van der Waals surface area contributed by atoms with E-state index in [0.717, 1.165) is 30.9 Å². The summed E-state index contributed by atoms with van der Waals surface area (Å²) in [5.74, 6) is 0.877. The van der Waals surface area contributed by atoms with E-state index < -0.39 is 0 Å². The number of hydrogen-bond donors (Lipinski definition) is 0. The Balaban J connectivity index is 1.73. The maximum absolute atomic E-state index is 10.7. The van der Waals surface area contributed by atoms with Crippen molar-refractivity contribution in [1.82, 2.24) is 4.90 Å². The molecule has 0 amide bonds. The molecule has 1 aliphatic carbocycles. The first-order valence-electron chi connectivity index (χ1n) is 8.87. The molecule has 0 saturated heterocycles. The topological polar surface area (TPSA) is 20.3 Å². The van der Waals surface area contributed by atoms with E-state index in [1.165, 1.54) is 48.8 Å². The third-order valence-corrected chi connectivity index (χ3v) is 5.42. The van der Waals surface area contributed by atoms with Crippen LogP contribution in [0.5, 0.6) is 0 Å². The molecule has 2 nitrogen and oxygen atoms in total. The van der Waals surface area contributed by atoms with Crippen molar-refractivity contribution in [3.8, 4) is 0 Å². The van der Waals surface area contributed by atoms with Gasteiger partial charge in [-0.25, -0.2) is 0 Å². The zero-order chi connectivity index (χ0) is 16.2. The fourth-order valence-electron chi connectivity index (χ4n) is 4.13. The number of fused-ring (bicyclic) bond motifs is 1. The van der Waals surface area contributed by atoms with Crippen LogP contribution >= 0.6 is 0 Å². The van der Waals surface area contributed by atoms with Crippen molar-refractivity contribution < 1.29 is 4.79 Å². The second-order valence-electron chi connectivity index (χ2n) is 6.97. The van der Waals surface area contributed by atoms with E-state index in [9.17, 15) is 4.79 Å². The van der Waals surface area contributed by atoms with Gasteiger partial charge in [-0.3, -0.25) is 0 Å². The molecule has 3 rings (SSSR count). The lowest BCUT2D eigenvalue weighted by Crippen LogP contribution is -2.27. The van der Waals surface area contributed by atoms with Crippen LogP contribution < -0.4 is 0 Å². The van der Waals surface area contributed by atoms with Crippen LogP contribution in [0.3, 0.4) is 0 Å². The second-order valence-corrected chi connectivity index (χ2v) is 6.97. The molecule has 1 aromatic rings. The van der Waals surface area contributed by atoms with Gasteiger partial charge in [0.2, 0.25) is 0 Å². The predicted molar refractivity (Wildman–Crippen MR) is 96.0 cm³/mol. The summed E-state index contributed by atoms with van der Waals surface area (Å²) in [5, 5.41) is 0. The van der Waals surface area contributed by atoms with Gasteiger partial charge in [-0.05, 0) is 29.9 Å². The van der Waals surface area contributed by atoms with Crippen LogP contribution in [0, 0.1) is 5.92 Å². The van der Waals surface area contributed by atoms with Gasteiger partial charge in [0.25, 0.3) is 0 Å². The van der Waals surface area contributed by atoms with Crippen LogP contribution in [0.25, 0.3) is 5.70 Å². The summed E-state index contributed by atoms with van der Waals surface area (Å²) in [7, 11) is 0. The van der Waals surface area contributed by atoms with Gasteiger partial charge in [-0.15, -0.1) is 6.58 Å². The molecule has 1 unspecified atom stereocenters. The highest BCUT2D eigenvalue weighted by Gasteiger charge is 2.27. The van der Waals surface area contributed by atoms with Gasteiger partial charge < -0.3 is 9.69 Å². The molecule has 0 aromatic heterocycles. The lowest BCUT2D eigenvalue weighted by molar-refractivity contribution is -0.108. The third kappa shape index (κ3) is 3.41. The van der Waals surface area contributed by atoms with Gasteiger partial charge in [-0.1, -0.05) is 56.5 Å². The Morgan fingerprint density at radius 1 is 1.30 bits per heavy atom. The molecule has 0 radical (unpaired) electrons. The van der Waals surface area contributed by atoms with E-state index in [-0.39, 0.29) is 6.04 Å². The van der Waals surface area contributed by atoms with E-state index in [2.05, 4.69) is 36.3 Å². The van der Waals surface area contributed by atoms with Gasteiger partial charge in [0.1, 0.15) is 6.29 Å². The quantitative estimate of drug-likeness (QED) is 0.535. The van der Waals surface area contributed by atoms with Crippen LogP contribution in [0.15, 0.2) is 37.4 Å². The van der Waals surface area contributed by atoms with Crippen molar-refractivity contribution in [3.63, 3.8) is 0 Å². The lowest BCUT2D eigenvalue weighted by Gasteiger charge is -2.27. The molecule has 1 heterocycles. The minimum absolute atomic E-state index is 0.193. The molecule has 2 heteroatoms. The maximum atomic E-state index is 10.7.